The Kier molecular flexibility index (Phi) is 6.94. The van der Waals surface area contributed by atoms with E-state index < -0.39 is 46.2 Å². The predicted molar refractivity (Wildman–Crippen MR) is 107 cm³/mol. The maximum Gasteiger partial charge on any atom is 0.424 e. The van der Waals surface area contributed by atoms with Crippen LogP contribution in [-0.4, -0.2) is 65.4 Å². The Balaban J connectivity index is 2.40. The van der Waals surface area contributed by atoms with Gasteiger partial charge in [-0.1, -0.05) is 12.1 Å². The third-order valence-corrected chi connectivity index (χ3v) is 6.86. The first-order chi connectivity index (χ1) is 13.3. The van der Waals surface area contributed by atoms with Crippen LogP contribution >= 0.6 is 15.9 Å². The lowest BCUT2D eigenvalue weighted by molar-refractivity contribution is -0.148. The molecule has 2 amide bonds. The Hall–Kier alpha value is -2.14. The number of carboxylic acids is 1. The molecule has 0 aliphatic carbocycles. The van der Waals surface area contributed by atoms with E-state index in [1.165, 1.54) is 18.2 Å². The Morgan fingerprint density at radius 3 is 2.45 bits per heavy atom. The third-order valence-electron chi connectivity index (χ3n) is 4.14. The third kappa shape index (κ3) is 5.47. The number of carboxylic acid groups (broad SMARTS) is 1. The largest absolute Gasteiger partial charge is 0.480 e. The van der Waals surface area contributed by atoms with Crippen molar-refractivity contribution in [3.63, 3.8) is 0 Å². The van der Waals surface area contributed by atoms with Gasteiger partial charge in [-0.3, -0.25) is 4.79 Å². The van der Waals surface area contributed by atoms with Crippen LogP contribution < -0.4 is 0 Å². The first kappa shape index (κ1) is 23.1. The van der Waals surface area contributed by atoms with E-state index in [9.17, 15) is 27.9 Å². The zero-order chi connectivity index (χ0) is 22.0. The molecule has 0 aromatic heterocycles. The summed E-state index contributed by atoms with van der Waals surface area (Å²) in [6.45, 7) is 4.01. The molecule has 11 heteroatoms. The molecule has 1 heterocycles. The Morgan fingerprint density at radius 2 is 1.90 bits per heavy atom. The number of carbonyl (C=O) groups is 3. The second kappa shape index (κ2) is 8.70. The fourth-order valence-corrected chi connectivity index (χ4v) is 5.08. The highest BCUT2D eigenvalue weighted by Gasteiger charge is 2.40. The number of halogens is 1. The fourth-order valence-electron chi connectivity index (χ4n) is 2.87. The van der Waals surface area contributed by atoms with Crippen LogP contribution in [0, 0.1) is 0 Å². The van der Waals surface area contributed by atoms with Gasteiger partial charge in [-0.2, -0.15) is 4.31 Å². The molecule has 1 aromatic rings. The molecule has 0 saturated carbocycles. The lowest BCUT2D eigenvalue weighted by Gasteiger charge is -2.29. The highest BCUT2D eigenvalue weighted by Crippen LogP contribution is 2.27. The number of hydrogen-bond donors (Lipinski definition) is 1. The summed E-state index contributed by atoms with van der Waals surface area (Å²) in [4.78, 5) is 37.6. The summed E-state index contributed by atoms with van der Waals surface area (Å²) in [5, 5.41) is 9.28. The van der Waals surface area contributed by atoms with Crippen LogP contribution in [0.15, 0.2) is 33.6 Å². The molecule has 1 atom stereocenters. The van der Waals surface area contributed by atoms with E-state index in [-0.39, 0.29) is 22.3 Å². The Morgan fingerprint density at radius 1 is 1.28 bits per heavy atom. The monoisotopic (exact) mass is 490 g/mol. The number of carbonyl (C=O) groups excluding carboxylic acids is 2. The van der Waals surface area contributed by atoms with Crippen molar-refractivity contribution in [2.24, 2.45) is 0 Å². The van der Waals surface area contributed by atoms with Gasteiger partial charge in [-0.05, 0) is 61.7 Å². The average Bonchev–Trinajstić information content (AvgIpc) is 3.08. The van der Waals surface area contributed by atoms with Gasteiger partial charge in [-0.15, -0.1) is 0 Å². The minimum Gasteiger partial charge on any atom is -0.480 e. The van der Waals surface area contributed by atoms with Crippen molar-refractivity contribution in [1.82, 2.24) is 9.21 Å². The number of sulfonamides is 1. The van der Waals surface area contributed by atoms with Crippen LogP contribution in [-0.2, 0) is 24.3 Å². The average molecular weight is 491 g/mol. The SMILES string of the molecule is CC(C)(C)OC(=O)N(CC(=O)N1CCCC1C(=O)O)S(=O)(=O)c1ccccc1Br. The van der Waals surface area contributed by atoms with Gasteiger partial charge in [0.1, 0.15) is 23.1 Å². The molecular weight excluding hydrogens is 468 g/mol. The minimum atomic E-state index is -4.45. The number of rotatable bonds is 5. The van der Waals surface area contributed by atoms with Gasteiger partial charge in [0.25, 0.3) is 10.0 Å². The number of likely N-dealkylation sites (tertiary alicyclic amines) is 1. The van der Waals surface area contributed by atoms with Gasteiger partial charge in [0.2, 0.25) is 5.91 Å². The van der Waals surface area contributed by atoms with Crippen molar-refractivity contribution in [2.75, 3.05) is 13.1 Å². The van der Waals surface area contributed by atoms with E-state index in [0.29, 0.717) is 10.7 Å². The normalized spacial score (nSPS) is 17.1. The van der Waals surface area contributed by atoms with Crippen LogP contribution in [0.1, 0.15) is 33.6 Å². The first-order valence-electron chi connectivity index (χ1n) is 8.87. The maximum atomic E-state index is 13.2. The summed E-state index contributed by atoms with van der Waals surface area (Å²) in [5.41, 5.74) is -1.00. The van der Waals surface area contributed by atoms with Crippen LogP contribution in [0.25, 0.3) is 0 Å². The van der Waals surface area contributed by atoms with Crippen LogP contribution in [0.5, 0.6) is 0 Å². The summed E-state index contributed by atoms with van der Waals surface area (Å²) in [6, 6.07) is 4.82. The van der Waals surface area contributed by atoms with Gasteiger partial charge in [0.05, 0.1) is 0 Å². The smallest absolute Gasteiger partial charge is 0.424 e. The summed E-state index contributed by atoms with van der Waals surface area (Å²) >= 11 is 3.14. The second-order valence-corrected chi connectivity index (χ2v) is 10.2. The van der Waals surface area contributed by atoms with Crippen molar-refractivity contribution < 1.29 is 32.6 Å². The maximum absolute atomic E-state index is 13.2. The van der Waals surface area contributed by atoms with Crippen LogP contribution in [0.3, 0.4) is 0 Å². The Labute approximate surface area is 177 Å². The number of benzene rings is 1. The summed E-state index contributed by atoms with van der Waals surface area (Å²) in [6.07, 6.45) is -0.468. The molecule has 1 saturated heterocycles. The number of ether oxygens (including phenoxy) is 1. The molecule has 0 spiro atoms. The molecule has 0 bridgehead atoms. The summed E-state index contributed by atoms with van der Waals surface area (Å²) in [7, 11) is -4.45. The van der Waals surface area contributed by atoms with E-state index in [4.69, 9.17) is 4.74 Å². The topological polar surface area (TPSA) is 121 Å². The highest BCUT2D eigenvalue weighted by molar-refractivity contribution is 9.10. The van der Waals surface area contributed by atoms with E-state index >= 15 is 0 Å². The van der Waals surface area contributed by atoms with Gasteiger partial charge in [0, 0.05) is 11.0 Å². The van der Waals surface area contributed by atoms with E-state index in [0.717, 1.165) is 4.90 Å². The lowest BCUT2D eigenvalue weighted by atomic mass is 10.2. The molecule has 1 fully saturated rings. The first-order valence-corrected chi connectivity index (χ1v) is 11.1. The highest BCUT2D eigenvalue weighted by atomic mass is 79.9. The molecule has 1 unspecified atom stereocenters. The zero-order valence-corrected chi connectivity index (χ0v) is 18.7. The van der Waals surface area contributed by atoms with Crippen LogP contribution in [0.4, 0.5) is 4.79 Å². The molecule has 1 N–H and O–H groups in total. The fraction of sp³-hybridized carbons (Fsp3) is 0.500. The zero-order valence-electron chi connectivity index (χ0n) is 16.3. The summed E-state index contributed by atoms with van der Waals surface area (Å²) < 4.78 is 32.1. The molecule has 29 heavy (non-hydrogen) atoms. The van der Waals surface area contributed by atoms with Crippen molar-refractivity contribution in [3.8, 4) is 0 Å². The molecule has 1 aromatic carbocycles. The van der Waals surface area contributed by atoms with Gasteiger partial charge in [0.15, 0.2) is 0 Å². The van der Waals surface area contributed by atoms with Crippen molar-refractivity contribution in [2.45, 2.75) is 50.2 Å². The summed E-state index contributed by atoms with van der Waals surface area (Å²) in [5.74, 6) is -1.95. The van der Waals surface area contributed by atoms with E-state index in [1.54, 1.807) is 26.8 Å². The Bertz CT molecular complexity index is 911. The molecular formula is C18H23BrN2O7S. The van der Waals surface area contributed by atoms with E-state index in [2.05, 4.69) is 15.9 Å². The van der Waals surface area contributed by atoms with Gasteiger partial charge in [-0.25, -0.2) is 18.0 Å². The van der Waals surface area contributed by atoms with Gasteiger partial charge < -0.3 is 14.7 Å². The van der Waals surface area contributed by atoms with Crippen LogP contribution in [0.2, 0.25) is 0 Å². The molecule has 1 aliphatic rings. The number of aliphatic carboxylic acids is 1. The molecule has 160 valence electrons. The molecule has 9 nitrogen and oxygen atoms in total. The standard InChI is InChI=1S/C18H23BrN2O7S/c1-18(2,3)28-17(25)21(29(26,27)14-9-5-4-7-12(14)19)11-15(22)20-10-6-8-13(20)16(23)24/h4-5,7,9,13H,6,8,10-11H2,1-3H3,(H,23,24). The minimum absolute atomic E-state index is 0.174. The molecule has 2 rings (SSSR count). The number of nitrogens with zero attached hydrogens (tertiary/aromatic N) is 2. The number of amides is 2. The van der Waals surface area contributed by atoms with Crippen molar-refractivity contribution in [1.29, 1.82) is 0 Å². The van der Waals surface area contributed by atoms with Gasteiger partial charge >= 0.3 is 12.1 Å². The van der Waals surface area contributed by atoms with Crippen molar-refractivity contribution in [3.05, 3.63) is 28.7 Å². The van der Waals surface area contributed by atoms with Crippen molar-refractivity contribution >= 4 is 43.9 Å². The van der Waals surface area contributed by atoms with E-state index in [1.807, 2.05) is 0 Å². The second-order valence-electron chi connectivity index (χ2n) is 7.51. The predicted octanol–water partition coefficient (Wildman–Crippen LogP) is 2.45. The lowest BCUT2D eigenvalue weighted by Crippen LogP contribution is -2.49. The quantitative estimate of drug-likeness (QED) is 0.672. The number of hydrogen-bond acceptors (Lipinski definition) is 6. The molecule has 1 aliphatic heterocycles. The molecule has 0 radical (unpaired) electrons.